The van der Waals surface area contributed by atoms with Gasteiger partial charge in [0.2, 0.25) is 10.0 Å². The van der Waals surface area contributed by atoms with Crippen LogP contribution in [0, 0.1) is 5.41 Å². The summed E-state index contributed by atoms with van der Waals surface area (Å²) in [6, 6.07) is 0. The summed E-state index contributed by atoms with van der Waals surface area (Å²) in [5.74, 6) is 0. The largest absolute Gasteiger partial charge is 0.384 e. The quantitative estimate of drug-likeness (QED) is 0.644. The maximum absolute atomic E-state index is 12.5. The predicted octanol–water partition coefficient (Wildman–Crippen LogP) is -0.176. The van der Waals surface area contributed by atoms with E-state index in [4.69, 9.17) is 9.47 Å². The standard InChI is InChI=1S/C14H26N4O4S/c1-21-8-7-18-10-13(9-16-18)23(19,20)17-11-14(12-22-2)3-5-15-6-4-14/h9-10,15,17H,3-8,11-12H2,1-2H3. The molecule has 1 aromatic heterocycles. The second-order valence-corrected chi connectivity index (χ2v) is 7.71. The highest BCUT2D eigenvalue weighted by Gasteiger charge is 2.33. The second-order valence-electron chi connectivity index (χ2n) is 5.94. The molecule has 132 valence electrons. The predicted molar refractivity (Wildman–Crippen MR) is 85.7 cm³/mol. The van der Waals surface area contributed by atoms with Gasteiger partial charge in [0.25, 0.3) is 0 Å². The summed E-state index contributed by atoms with van der Waals surface area (Å²) in [5.41, 5.74) is -0.154. The highest BCUT2D eigenvalue weighted by atomic mass is 32.2. The molecule has 0 aliphatic carbocycles. The summed E-state index contributed by atoms with van der Waals surface area (Å²) in [4.78, 5) is 0.176. The highest BCUT2D eigenvalue weighted by molar-refractivity contribution is 7.89. The van der Waals surface area contributed by atoms with E-state index in [1.54, 1.807) is 18.9 Å². The fourth-order valence-corrected chi connectivity index (χ4v) is 3.87. The van der Waals surface area contributed by atoms with Crippen LogP contribution >= 0.6 is 0 Å². The van der Waals surface area contributed by atoms with Crippen LogP contribution in [0.2, 0.25) is 0 Å². The van der Waals surface area contributed by atoms with Crippen molar-refractivity contribution >= 4 is 10.0 Å². The van der Waals surface area contributed by atoms with Crippen molar-refractivity contribution in [1.29, 1.82) is 0 Å². The smallest absolute Gasteiger partial charge is 0.243 e. The monoisotopic (exact) mass is 346 g/mol. The van der Waals surface area contributed by atoms with E-state index in [0.29, 0.717) is 26.3 Å². The Balaban J connectivity index is 2.00. The van der Waals surface area contributed by atoms with E-state index in [9.17, 15) is 8.42 Å². The summed E-state index contributed by atoms with van der Waals surface area (Å²) in [6.07, 6.45) is 4.66. The molecule has 0 saturated carbocycles. The first-order valence-electron chi connectivity index (χ1n) is 7.72. The second kappa shape index (κ2) is 8.20. The average Bonchev–Trinajstić information content (AvgIpc) is 3.02. The molecule has 8 nitrogen and oxygen atoms in total. The Hall–Kier alpha value is -1.00. The van der Waals surface area contributed by atoms with Gasteiger partial charge in [-0.15, -0.1) is 0 Å². The first-order valence-corrected chi connectivity index (χ1v) is 9.20. The van der Waals surface area contributed by atoms with Gasteiger partial charge in [0.1, 0.15) is 4.90 Å². The maximum atomic E-state index is 12.5. The van der Waals surface area contributed by atoms with E-state index in [1.165, 1.54) is 12.4 Å². The topological polar surface area (TPSA) is 94.5 Å². The summed E-state index contributed by atoms with van der Waals surface area (Å²) in [7, 11) is -0.325. The van der Waals surface area contributed by atoms with Crippen molar-refractivity contribution in [1.82, 2.24) is 19.8 Å². The number of nitrogens with zero attached hydrogens (tertiary/aromatic N) is 2. The molecule has 0 aromatic carbocycles. The van der Waals surface area contributed by atoms with Gasteiger partial charge in [0, 0.05) is 32.4 Å². The van der Waals surface area contributed by atoms with Crippen LogP contribution in [0.15, 0.2) is 17.3 Å². The van der Waals surface area contributed by atoms with Crippen molar-refractivity contribution in [3.8, 4) is 0 Å². The molecular formula is C14H26N4O4S. The van der Waals surface area contributed by atoms with Crippen molar-refractivity contribution in [3.05, 3.63) is 12.4 Å². The Morgan fingerprint density at radius 1 is 1.35 bits per heavy atom. The molecule has 1 aromatic rings. The van der Waals surface area contributed by atoms with Gasteiger partial charge in [-0.05, 0) is 25.9 Å². The normalized spacial score (nSPS) is 18.2. The first-order chi connectivity index (χ1) is 11.0. The number of methoxy groups -OCH3 is 2. The molecule has 23 heavy (non-hydrogen) atoms. The van der Waals surface area contributed by atoms with Gasteiger partial charge in [-0.25, -0.2) is 13.1 Å². The zero-order valence-corrected chi connectivity index (χ0v) is 14.6. The molecule has 0 spiro atoms. The van der Waals surface area contributed by atoms with Crippen LogP contribution in [-0.4, -0.2) is 65.3 Å². The molecule has 0 atom stereocenters. The average molecular weight is 346 g/mol. The molecule has 1 fully saturated rings. The third-order valence-corrected chi connectivity index (χ3v) is 5.55. The fourth-order valence-electron chi connectivity index (χ4n) is 2.76. The summed E-state index contributed by atoms with van der Waals surface area (Å²) in [5, 5.41) is 7.34. The van der Waals surface area contributed by atoms with Gasteiger partial charge in [-0.2, -0.15) is 5.10 Å². The maximum Gasteiger partial charge on any atom is 0.243 e. The summed E-state index contributed by atoms with van der Waals surface area (Å²) < 4.78 is 39.5. The molecule has 1 saturated heterocycles. The van der Waals surface area contributed by atoms with Gasteiger partial charge in [0.05, 0.1) is 26.0 Å². The Kier molecular flexibility index (Phi) is 6.54. The van der Waals surface area contributed by atoms with Crippen LogP contribution in [0.3, 0.4) is 0 Å². The lowest BCUT2D eigenvalue weighted by Gasteiger charge is -2.37. The number of aromatic nitrogens is 2. The molecular weight excluding hydrogens is 320 g/mol. The van der Waals surface area contributed by atoms with Crippen LogP contribution < -0.4 is 10.0 Å². The SMILES string of the molecule is COCCn1cc(S(=O)(=O)NCC2(COC)CCNCC2)cn1. The van der Waals surface area contributed by atoms with E-state index < -0.39 is 10.0 Å². The number of nitrogens with one attached hydrogen (secondary N) is 2. The molecule has 0 amide bonds. The number of hydrogen-bond acceptors (Lipinski definition) is 6. The zero-order valence-electron chi connectivity index (χ0n) is 13.7. The van der Waals surface area contributed by atoms with Crippen LogP contribution in [0.5, 0.6) is 0 Å². The van der Waals surface area contributed by atoms with Gasteiger partial charge < -0.3 is 14.8 Å². The Morgan fingerprint density at radius 2 is 2.09 bits per heavy atom. The van der Waals surface area contributed by atoms with Crippen molar-refractivity contribution in [2.75, 3.05) is 47.1 Å². The molecule has 0 bridgehead atoms. The van der Waals surface area contributed by atoms with Gasteiger partial charge >= 0.3 is 0 Å². The highest BCUT2D eigenvalue weighted by Crippen LogP contribution is 2.28. The number of rotatable bonds is 9. The first kappa shape index (κ1) is 18.3. The lowest BCUT2D eigenvalue weighted by Crippen LogP contribution is -2.47. The molecule has 1 aliphatic rings. The van der Waals surface area contributed by atoms with Crippen molar-refractivity contribution in [3.63, 3.8) is 0 Å². The molecule has 2 rings (SSSR count). The van der Waals surface area contributed by atoms with E-state index in [-0.39, 0.29) is 10.3 Å². The lowest BCUT2D eigenvalue weighted by atomic mass is 9.80. The molecule has 2 N–H and O–H groups in total. The van der Waals surface area contributed by atoms with Crippen molar-refractivity contribution < 1.29 is 17.9 Å². The summed E-state index contributed by atoms with van der Waals surface area (Å²) >= 11 is 0. The molecule has 0 radical (unpaired) electrons. The number of piperidine rings is 1. The van der Waals surface area contributed by atoms with E-state index >= 15 is 0 Å². The van der Waals surface area contributed by atoms with Crippen molar-refractivity contribution in [2.45, 2.75) is 24.3 Å². The van der Waals surface area contributed by atoms with E-state index in [2.05, 4.69) is 15.1 Å². The third-order valence-electron chi connectivity index (χ3n) is 4.20. The minimum atomic E-state index is -3.57. The molecule has 9 heteroatoms. The van der Waals surface area contributed by atoms with Crippen LogP contribution in [0.25, 0.3) is 0 Å². The van der Waals surface area contributed by atoms with Gasteiger partial charge in [-0.3, -0.25) is 4.68 Å². The Labute approximate surface area is 137 Å². The molecule has 2 heterocycles. The Morgan fingerprint density at radius 3 is 2.74 bits per heavy atom. The lowest BCUT2D eigenvalue weighted by molar-refractivity contribution is 0.0577. The van der Waals surface area contributed by atoms with Gasteiger partial charge in [-0.1, -0.05) is 0 Å². The Bertz CT molecular complexity index is 576. The fraction of sp³-hybridized carbons (Fsp3) is 0.786. The van der Waals surface area contributed by atoms with Crippen LogP contribution in [0.4, 0.5) is 0 Å². The van der Waals surface area contributed by atoms with Crippen LogP contribution in [0.1, 0.15) is 12.8 Å². The van der Waals surface area contributed by atoms with Gasteiger partial charge in [0.15, 0.2) is 0 Å². The van der Waals surface area contributed by atoms with E-state index in [1.807, 2.05) is 0 Å². The number of ether oxygens (including phenoxy) is 2. The minimum Gasteiger partial charge on any atom is -0.384 e. The third kappa shape index (κ3) is 4.98. The van der Waals surface area contributed by atoms with Crippen molar-refractivity contribution in [2.24, 2.45) is 5.41 Å². The zero-order chi connectivity index (χ0) is 16.8. The summed E-state index contributed by atoms with van der Waals surface area (Å²) in [6.45, 7) is 3.67. The van der Waals surface area contributed by atoms with E-state index in [0.717, 1.165) is 25.9 Å². The minimum absolute atomic E-state index is 0.154. The van der Waals surface area contributed by atoms with Crippen LogP contribution in [-0.2, 0) is 26.0 Å². The molecule has 0 unspecified atom stereocenters. The molecule has 1 aliphatic heterocycles. The number of sulfonamides is 1. The number of hydrogen-bond donors (Lipinski definition) is 2.